The molecule has 0 aromatic heterocycles. The summed E-state index contributed by atoms with van der Waals surface area (Å²) in [6.07, 6.45) is 20.2. The topological polar surface area (TPSA) is 63.3 Å². The molecule has 1 aromatic carbocycles. The van der Waals surface area contributed by atoms with Crippen LogP contribution in [0.15, 0.2) is 6.07 Å². The van der Waals surface area contributed by atoms with E-state index in [4.69, 9.17) is 5.73 Å². The molecule has 202 valence electrons. The Balaban J connectivity index is 2.39. The van der Waals surface area contributed by atoms with Crippen molar-refractivity contribution in [3.05, 3.63) is 22.8 Å². The van der Waals surface area contributed by atoms with Gasteiger partial charge >= 0.3 is 0 Å². The molecule has 1 rings (SSSR count). The van der Waals surface area contributed by atoms with Gasteiger partial charge in [-0.3, -0.25) is 4.79 Å². The third kappa shape index (κ3) is 11.4. The number of hydrogen-bond acceptors (Lipinski definition) is 3. The molecule has 0 spiro atoms. The maximum atomic E-state index is 13.2. The lowest BCUT2D eigenvalue weighted by molar-refractivity contribution is 0.0977. The van der Waals surface area contributed by atoms with E-state index in [9.17, 15) is 9.90 Å². The minimum absolute atomic E-state index is 0.0675. The fourth-order valence-electron chi connectivity index (χ4n) is 5.08. The number of benzene rings is 1. The number of anilines is 1. The first-order chi connectivity index (χ1) is 16.4. The minimum atomic E-state index is -0.362. The Morgan fingerprint density at radius 1 is 0.714 bits per heavy atom. The standard InChI is InChI=1S/C32H57NO2/c1-8-9-10-11-12-13-14-15-16-17-18-19-20-21-22-23-27(34)28-26(33)24-25(31(2,3)4)30(35)29(28)32(5,6)7/h24,35H,8-23,33H2,1-7H3. The van der Waals surface area contributed by atoms with Crippen molar-refractivity contribution in [2.45, 2.75) is 162 Å². The molecule has 0 saturated carbocycles. The average molecular weight is 488 g/mol. The summed E-state index contributed by atoms with van der Waals surface area (Å²) in [5, 5.41) is 11.1. The number of carbonyl (C=O) groups is 1. The molecule has 0 fully saturated rings. The second kappa shape index (κ2) is 15.6. The predicted octanol–water partition coefficient (Wildman–Crippen LogP) is 10.0. The fourth-order valence-corrected chi connectivity index (χ4v) is 5.08. The van der Waals surface area contributed by atoms with Crippen molar-refractivity contribution in [2.75, 3.05) is 5.73 Å². The van der Waals surface area contributed by atoms with Gasteiger partial charge in [0.25, 0.3) is 0 Å². The normalized spacial score (nSPS) is 12.3. The van der Waals surface area contributed by atoms with E-state index in [1.165, 1.54) is 83.5 Å². The number of carbonyl (C=O) groups excluding carboxylic acids is 1. The number of hydrogen-bond donors (Lipinski definition) is 2. The van der Waals surface area contributed by atoms with Gasteiger partial charge in [0, 0.05) is 28.8 Å². The van der Waals surface area contributed by atoms with Crippen LogP contribution in [0.3, 0.4) is 0 Å². The van der Waals surface area contributed by atoms with Gasteiger partial charge in [0.15, 0.2) is 5.78 Å². The summed E-state index contributed by atoms with van der Waals surface area (Å²) in [7, 11) is 0. The molecule has 0 aliphatic heterocycles. The number of rotatable bonds is 17. The van der Waals surface area contributed by atoms with Crippen molar-refractivity contribution in [1.82, 2.24) is 0 Å². The summed E-state index contributed by atoms with van der Waals surface area (Å²) in [6, 6.07) is 1.81. The molecule has 0 bridgehead atoms. The van der Waals surface area contributed by atoms with E-state index in [-0.39, 0.29) is 22.4 Å². The van der Waals surface area contributed by atoms with Gasteiger partial charge in [-0.25, -0.2) is 0 Å². The smallest absolute Gasteiger partial charge is 0.165 e. The number of phenolic OH excluding ortho intramolecular Hbond substituents is 1. The molecule has 0 amide bonds. The van der Waals surface area contributed by atoms with E-state index in [0.29, 0.717) is 23.2 Å². The van der Waals surface area contributed by atoms with E-state index in [2.05, 4.69) is 27.7 Å². The molecule has 3 nitrogen and oxygen atoms in total. The van der Waals surface area contributed by atoms with E-state index < -0.39 is 0 Å². The molecule has 1 aromatic rings. The van der Waals surface area contributed by atoms with E-state index in [0.717, 1.165) is 18.4 Å². The number of aromatic hydroxyl groups is 1. The molecule has 3 heteroatoms. The highest BCUT2D eigenvalue weighted by Gasteiger charge is 2.32. The zero-order valence-corrected chi connectivity index (χ0v) is 24.3. The predicted molar refractivity (Wildman–Crippen MR) is 154 cm³/mol. The Hall–Kier alpha value is -1.51. The maximum absolute atomic E-state index is 13.2. The molecule has 0 saturated heterocycles. The van der Waals surface area contributed by atoms with Crippen molar-refractivity contribution in [2.24, 2.45) is 0 Å². The highest BCUT2D eigenvalue weighted by atomic mass is 16.3. The van der Waals surface area contributed by atoms with E-state index >= 15 is 0 Å². The third-order valence-corrected chi connectivity index (χ3v) is 7.17. The average Bonchev–Trinajstić information content (AvgIpc) is 2.75. The number of phenols is 1. The second-order valence-electron chi connectivity index (χ2n) is 12.7. The van der Waals surface area contributed by atoms with Crippen LogP contribution in [0.25, 0.3) is 0 Å². The van der Waals surface area contributed by atoms with Gasteiger partial charge in [-0.15, -0.1) is 0 Å². The van der Waals surface area contributed by atoms with Gasteiger partial charge < -0.3 is 10.8 Å². The Bertz CT molecular complexity index is 752. The van der Waals surface area contributed by atoms with Crippen molar-refractivity contribution >= 4 is 11.5 Å². The lowest BCUT2D eigenvalue weighted by Gasteiger charge is -2.30. The van der Waals surface area contributed by atoms with Crippen molar-refractivity contribution in [1.29, 1.82) is 0 Å². The molecule has 0 atom stereocenters. The molecule has 0 unspecified atom stereocenters. The number of nitrogen functional groups attached to an aromatic ring is 1. The van der Waals surface area contributed by atoms with Gasteiger partial charge in [-0.1, -0.05) is 138 Å². The van der Waals surface area contributed by atoms with E-state index in [1.54, 1.807) is 0 Å². The summed E-state index contributed by atoms with van der Waals surface area (Å²) in [4.78, 5) is 13.2. The Morgan fingerprint density at radius 3 is 1.49 bits per heavy atom. The molecular weight excluding hydrogens is 430 g/mol. The zero-order valence-electron chi connectivity index (χ0n) is 24.3. The number of Topliss-reactive ketones (excluding diaryl/α,β-unsaturated/α-hetero) is 1. The molecule has 0 aliphatic carbocycles. The zero-order chi connectivity index (χ0) is 26.5. The van der Waals surface area contributed by atoms with E-state index in [1.807, 2.05) is 26.8 Å². The van der Waals surface area contributed by atoms with Crippen LogP contribution in [0.2, 0.25) is 0 Å². The summed E-state index contributed by atoms with van der Waals surface area (Å²) < 4.78 is 0. The number of nitrogens with two attached hydrogens (primary N) is 1. The Kier molecular flexibility index (Phi) is 14.0. The van der Waals surface area contributed by atoms with Crippen LogP contribution in [0.4, 0.5) is 5.69 Å². The van der Waals surface area contributed by atoms with Crippen molar-refractivity contribution in [3.8, 4) is 5.75 Å². The molecular formula is C32H57NO2. The van der Waals surface area contributed by atoms with Gasteiger partial charge in [0.1, 0.15) is 5.75 Å². The maximum Gasteiger partial charge on any atom is 0.165 e. The van der Waals surface area contributed by atoms with Crippen LogP contribution >= 0.6 is 0 Å². The minimum Gasteiger partial charge on any atom is -0.507 e. The van der Waals surface area contributed by atoms with Gasteiger partial charge in [0.2, 0.25) is 0 Å². The van der Waals surface area contributed by atoms with Gasteiger partial charge in [-0.05, 0) is 23.3 Å². The first kappa shape index (κ1) is 31.5. The molecule has 0 aliphatic rings. The summed E-state index contributed by atoms with van der Waals surface area (Å²) in [5.41, 5.74) is 8.36. The lowest BCUT2D eigenvalue weighted by Crippen LogP contribution is -2.22. The molecule has 3 N–H and O–H groups in total. The SMILES string of the molecule is CCCCCCCCCCCCCCCCCC(=O)c1c(N)cc(C(C)(C)C)c(O)c1C(C)(C)C. The highest BCUT2D eigenvalue weighted by molar-refractivity contribution is 6.03. The summed E-state index contributed by atoms with van der Waals surface area (Å²) in [6.45, 7) is 14.6. The van der Waals surface area contributed by atoms with Crippen LogP contribution < -0.4 is 5.73 Å². The summed E-state index contributed by atoms with van der Waals surface area (Å²) >= 11 is 0. The van der Waals surface area contributed by atoms with Crippen molar-refractivity contribution < 1.29 is 9.90 Å². The highest BCUT2D eigenvalue weighted by Crippen LogP contribution is 2.43. The van der Waals surface area contributed by atoms with Gasteiger partial charge in [-0.2, -0.15) is 0 Å². The molecule has 0 heterocycles. The summed E-state index contributed by atoms with van der Waals surface area (Å²) in [5.74, 6) is 0.303. The number of ketones is 1. The first-order valence-corrected chi connectivity index (χ1v) is 14.6. The lowest BCUT2D eigenvalue weighted by atomic mass is 9.75. The Morgan fingerprint density at radius 2 is 1.11 bits per heavy atom. The molecule has 35 heavy (non-hydrogen) atoms. The van der Waals surface area contributed by atoms with Crippen LogP contribution in [0, 0.1) is 0 Å². The quantitative estimate of drug-likeness (QED) is 0.0994. The van der Waals surface area contributed by atoms with Crippen molar-refractivity contribution in [3.63, 3.8) is 0 Å². The Labute approximate surface area is 217 Å². The largest absolute Gasteiger partial charge is 0.507 e. The monoisotopic (exact) mass is 487 g/mol. The van der Waals surface area contributed by atoms with Crippen LogP contribution in [0.5, 0.6) is 5.75 Å². The van der Waals surface area contributed by atoms with Crippen LogP contribution in [0.1, 0.15) is 173 Å². The number of unbranched alkanes of at least 4 members (excludes halogenated alkanes) is 14. The third-order valence-electron chi connectivity index (χ3n) is 7.17. The van der Waals surface area contributed by atoms with Crippen LogP contribution in [-0.4, -0.2) is 10.9 Å². The fraction of sp³-hybridized carbons (Fsp3) is 0.781. The first-order valence-electron chi connectivity index (χ1n) is 14.6. The van der Waals surface area contributed by atoms with Crippen LogP contribution in [-0.2, 0) is 10.8 Å². The molecule has 0 radical (unpaired) electrons. The van der Waals surface area contributed by atoms with Gasteiger partial charge in [0.05, 0.1) is 0 Å². The second-order valence-corrected chi connectivity index (χ2v) is 12.7.